The van der Waals surface area contributed by atoms with Crippen molar-refractivity contribution in [2.75, 3.05) is 6.61 Å². The Bertz CT molecular complexity index is 521. The molecule has 0 fully saturated rings. The van der Waals surface area contributed by atoms with E-state index in [4.69, 9.17) is 5.11 Å². The van der Waals surface area contributed by atoms with Crippen LogP contribution in [0.25, 0.3) is 11.4 Å². The fourth-order valence-corrected chi connectivity index (χ4v) is 2.13. The van der Waals surface area contributed by atoms with Crippen molar-refractivity contribution in [2.45, 2.75) is 25.9 Å². The molecule has 102 valence electrons. The molecule has 0 spiro atoms. The van der Waals surface area contributed by atoms with Crippen LogP contribution >= 0.6 is 11.3 Å². The highest BCUT2D eigenvalue weighted by Crippen LogP contribution is 2.16. The van der Waals surface area contributed by atoms with Gasteiger partial charge in [0.15, 0.2) is 0 Å². The Labute approximate surface area is 114 Å². The minimum absolute atomic E-state index is 0.00631. The Hall–Kier alpha value is -1.80. The number of aromatic nitrogens is 4. The van der Waals surface area contributed by atoms with E-state index in [1.807, 2.05) is 23.8 Å². The van der Waals surface area contributed by atoms with E-state index < -0.39 is 0 Å². The summed E-state index contributed by atoms with van der Waals surface area (Å²) in [5.41, 5.74) is 0.887. The SMILES string of the molecule is CCC(CO)NC(=O)Cn1nnc(-c2ccsc2)n1. The molecule has 2 rings (SSSR count). The van der Waals surface area contributed by atoms with Crippen molar-refractivity contribution < 1.29 is 9.90 Å². The van der Waals surface area contributed by atoms with Crippen molar-refractivity contribution in [1.29, 1.82) is 0 Å². The summed E-state index contributed by atoms with van der Waals surface area (Å²) in [6, 6.07) is 1.66. The van der Waals surface area contributed by atoms with Crippen molar-refractivity contribution in [3.8, 4) is 11.4 Å². The molecule has 0 aliphatic carbocycles. The fourth-order valence-electron chi connectivity index (χ4n) is 1.50. The number of carbonyl (C=O) groups excluding carboxylic acids is 1. The maximum absolute atomic E-state index is 11.7. The summed E-state index contributed by atoms with van der Waals surface area (Å²) in [4.78, 5) is 12.9. The van der Waals surface area contributed by atoms with Gasteiger partial charge in [0, 0.05) is 10.9 Å². The standard InChI is InChI=1S/C11H15N5O2S/c1-2-9(6-17)12-10(18)5-16-14-11(13-15-16)8-3-4-19-7-8/h3-4,7,9,17H,2,5-6H2,1H3,(H,12,18). The van der Waals surface area contributed by atoms with Gasteiger partial charge in [-0.25, -0.2) is 0 Å². The molecule has 19 heavy (non-hydrogen) atoms. The van der Waals surface area contributed by atoms with Crippen LogP contribution in [-0.4, -0.2) is 43.9 Å². The average Bonchev–Trinajstić information content (AvgIpc) is 3.06. The first-order valence-electron chi connectivity index (χ1n) is 5.93. The Morgan fingerprint density at radius 2 is 2.47 bits per heavy atom. The second kappa shape index (κ2) is 6.39. The van der Waals surface area contributed by atoms with Crippen LogP contribution < -0.4 is 5.32 Å². The van der Waals surface area contributed by atoms with Crippen LogP contribution in [0.2, 0.25) is 0 Å². The first-order valence-corrected chi connectivity index (χ1v) is 6.87. The fraction of sp³-hybridized carbons (Fsp3) is 0.455. The second-order valence-electron chi connectivity index (χ2n) is 4.01. The van der Waals surface area contributed by atoms with Crippen LogP contribution in [0, 0.1) is 0 Å². The first-order chi connectivity index (χ1) is 9.22. The van der Waals surface area contributed by atoms with Crippen LogP contribution in [0.1, 0.15) is 13.3 Å². The van der Waals surface area contributed by atoms with Gasteiger partial charge in [-0.15, -0.1) is 10.2 Å². The van der Waals surface area contributed by atoms with Gasteiger partial charge in [-0.3, -0.25) is 4.79 Å². The maximum atomic E-state index is 11.7. The summed E-state index contributed by atoms with van der Waals surface area (Å²) in [5, 5.41) is 27.4. The summed E-state index contributed by atoms with van der Waals surface area (Å²) in [5.74, 6) is 0.262. The first kappa shape index (κ1) is 13.6. The zero-order chi connectivity index (χ0) is 13.7. The molecule has 1 atom stereocenters. The summed E-state index contributed by atoms with van der Waals surface area (Å²) >= 11 is 1.55. The molecular formula is C11H15N5O2S. The molecule has 7 nitrogen and oxygen atoms in total. The molecule has 2 N–H and O–H groups in total. The van der Waals surface area contributed by atoms with Gasteiger partial charge in [0.2, 0.25) is 11.7 Å². The van der Waals surface area contributed by atoms with Gasteiger partial charge in [-0.2, -0.15) is 16.1 Å². The monoisotopic (exact) mass is 281 g/mol. The number of hydrogen-bond donors (Lipinski definition) is 2. The molecule has 0 saturated heterocycles. The number of nitrogens with zero attached hydrogens (tertiary/aromatic N) is 4. The Kier molecular flexibility index (Phi) is 4.58. The van der Waals surface area contributed by atoms with Gasteiger partial charge in [0.25, 0.3) is 0 Å². The van der Waals surface area contributed by atoms with Crippen molar-refractivity contribution in [1.82, 2.24) is 25.5 Å². The molecule has 8 heteroatoms. The predicted molar refractivity (Wildman–Crippen MR) is 70.4 cm³/mol. The zero-order valence-corrected chi connectivity index (χ0v) is 11.3. The largest absolute Gasteiger partial charge is 0.394 e. The summed E-state index contributed by atoms with van der Waals surface area (Å²) in [6.07, 6.45) is 0.674. The lowest BCUT2D eigenvalue weighted by molar-refractivity contribution is -0.123. The zero-order valence-electron chi connectivity index (χ0n) is 10.5. The minimum Gasteiger partial charge on any atom is -0.394 e. The van der Waals surface area contributed by atoms with E-state index in [-0.39, 0.29) is 25.1 Å². The number of carbonyl (C=O) groups is 1. The van der Waals surface area contributed by atoms with E-state index in [0.29, 0.717) is 12.2 Å². The number of aliphatic hydroxyl groups is 1. The number of nitrogens with one attached hydrogen (secondary N) is 1. The number of thiophene rings is 1. The van der Waals surface area contributed by atoms with Gasteiger partial charge in [0.1, 0.15) is 6.54 Å². The lowest BCUT2D eigenvalue weighted by Gasteiger charge is -2.13. The van der Waals surface area contributed by atoms with Crippen LogP contribution in [0.4, 0.5) is 0 Å². The maximum Gasteiger partial charge on any atom is 0.243 e. The van der Waals surface area contributed by atoms with Gasteiger partial charge < -0.3 is 10.4 Å². The highest BCUT2D eigenvalue weighted by atomic mass is 32.1. The Morgan fingerprint density at radius 3 is 3.11 bits per heavy atom. The van der Waals surface area contributed by atoms with Crippen LogP contribution in [-0.2, 0) is 11.3 Å². The number of tetrazole rings is 1. The van der Waals surface area contributed by atoms with Crippen molar-refractivity contribution >= 4 is 17.2 Å². The summed E-state index contributed by atoms with van der Waals surface area (Å²) in [7, 11) is 0. The molecule has 2 aromatic heterocycles. The highest BCUT2D eigenvalue weighted by molar-refractivity contribution is 7.08. The van der Waals surface area contributed by atoms with Crippen LogP contribution in [0.3, 0.4) is 0 Å². The molecule has 1 amide bonds. The molecule has 0 aliphatic heterocycles. The molecule has 0 aliphatic rings. The summed E-state index contributed by atoms with van der Waals surface area (Å²) in [6.45, 7) is 1.81. The lowest BCUT2D eigenvalue weighted by Crippen LogP contribution is -2.39. The van der Waals surface area contributed by atoms with Crippen LogP contribution in [0.15, 0.2) is 16.8 Å². The average molecular weight is 281 g/mol. The molecule has 1 unspecified atom stereocenters. The number of aliphatic hydroxyl groups excluding tert-OH is 1. The number of rotatable bonds is 6. The smallest absolute Gasteiger partial charge is 0.243 e. The van der Waals surface area contributed by atoms with Crippen molar-refractivity contribution in [3.63, 3.8) is 0 Å². The second-order valence-corrected chi connectivity index (χ2v) is 4.79. The molecular weight excluding hydrogens is 266 g/mol. The van der Waals surface area contributed by atoms with E-state index in [1.165, 1.54) is 4.80 Å². The lowest BCUT2D eigenvalue weighted by atomic mass is 10.2. The van der Waals surface area contributed by atoms with E-state index >= 15 is 0 Å². The van der Waals surface area contributed by atoms with E-state index in [0.717, 1.165) is 5.56 Å². The van der Waals surface area contributed by atoms with E-state index in [9.17, 15) is 4.79 Å². The quantitative estimate of drug-likeness (QED) is 0.794. The third-order valence-corrected chi connectivity index (χ3v) is 3.28. The molecule has 2 aromatic rings. The summed E-state index contributed by atoms with van der Waals surface area (Å²) < 4.78 is 0. The number of hydrogen-bond acceptors (Lipinski definition) is 6. The third kappa shape index (κ3) is 3.58. The Balaban J connectivity index is 1.95. The molecule has 0 saturated carbocycles. The van der Waals surface area contributed by atoms with Crippen molar-refractivity contribution in [3.05, 3.63) is 16.8 Å². The molecule has 0 bridgehead atoms. The van der Waals surface area contributed by atoms with Gasteiger partial charge >= 0.3 is 0 Å². The molecule has 2 heterocycles. The number of amides is 1. The third-order valence-electron chi connectivity index (χ3n) is 2.60. The van der Waals surface area contributed by atoms with Gasteiger partial charge in [-0.1, -0.05) is 6.92 Å². The van der Waals surface area contributed by atoms with Gasteiger partial charge in [0.05, 0.1) is 12.6 Å². The van der Waals surface area contributed by atoms with Gasteiger partial charge in [-0.05, 0) is 23.1 Å². The van der Waals surface area contributed by atoms with Crippen LogP contribution in [0.5, 0.6) is 0 Å². The minimum atomic E-state index is -0.241. The topological polar surface area (TPSA) is 92.9 Å². The van der Waals surface area contributed by atoms with E-state index in [1.54, 1.807) is 11.3 Å². The molecule has 0 aromatic carbocycles. The predicted octanol–water partition coefficient (Wildman–Crippen LogP) is 0.289. The molecule has 0 radical (unpaired) electrons. The van der Waals surface area contributed by atoms with E-state index in [2.05, 4.69) is 20.7 Å². The Morgan fingerprint density at radius 1 is 1.63 bits per heavy atom. The normalized spacial score (nSPS) is 12.3. The highest BCUT2D eigenvalue weighted by Gasteiger charge is 2.12. The van der Waals surface area contributed by atoms with Crippen molar-refractivity contribution in [2.24, 2.45) is 0 Å².